The van der Waals surface area contributed by atoms with Crippen LogP contribution in [0.1, 0.15) is 34.6 Å². The molecule has 0 aliphatic rings. The Labute approximate surface area is 127 Å². The van der Waals surface area contributed by atoms with Crippen molar-refractivity contribution in [2.24, 2.45) is 5.73 Å². The molecular weight excluding hydrogens is 258 g/mol. The lowest BCUT2D eigenvalue weighted by molar-refractivity contribution is 0.136. The van der Waals surface area contributed by atoms with Crippen molar-refractivity contribution in [3.05, 3.63) is 70.8 Å². The molecule has 2 rings (SSSR count). The van der Waals surface area contributed by atoms with Gasteiger partial charge >= 0.3 is 0 Å². The molecule has 0 heterocycles. The first kappa shape index (κ1) is 15.7. The van der Waals surface area contributed by atoms with Gasteiger partial charge in [0.15, 0.2) is 0 Å². The van der Waals surface area contributed by atoms with Gasteiger partial charge in [0.2, 0.25) is 0 Å². The maximum atomic E-state index is 10.5. The van der Waals surface area contributed by atoms with Crippen molar-refractivity contribution in [3.63, 3.8) is 0 Å². The van der Waals surface area contributed by atoms with Gasteiger partial charge in [0.25, 0.3) is 0 Å². The zero-order valence-electron chi connectivity index (χ0n) is 12.9. The molecule has 2 unspecified atom stereocenters. The summed E-state index contributed by atoms with van der Waals surface area (Å²) in [5.74, 6) is 0.0102. The standard InChI is InChI=1S/C19H25NO/c1-14-3-7-16(8-4-14)9-12-19(21)18(13-20)17-10-5-15(2)6-11-17/h3-8,10-11,18-19,21H,9,12-13,20H2,1-2H3. The molecule has 0 bridgehead atoms. The second-order valence-electron chi connectivity index (χ2n) is 5.84. The zero-order chi connectivity index (χ0) is 15.2. The average molecular weight is 283 g/mol. The molecule has 112 valence electrons. The Balaban J connectivity index is 1.98. The van der Waals surface area contributed by atoms with Gasteiger partial charge in [0.05, 0.1) is 6.10 Å². The number of aliphatic hydroxyl groups excluding tert-OH is 1. The highest BCUT2D eigenvalue weighted by molar-refractivity contribution is 5.26. The van der Waals surface area contributed by atoms with Crippen molar-refractivity contribution in [1.82, 2.24) is 0 Å². The van der Waals surface area contributed by atoms with Crippen LogP contribution in [-0.2, 0) is 6.42 Å². The largest absolute Gasteiger partial charge is 0.392 e. The lowest BCUT2D eigenvalue weighted by Crippen LogP contribution is -2.26. The highest BCUT2D eigenvalue weighted by atomic mass is 16.3. The lowest BCUT2D eigenvalue weighted by Gasteiger charge is -2.22. The quantitative estimate of drug-likeness (QED) is 0.854. The molecule has 0 aliphatic heterocycles. The van der Waals surface area contributed by atoms with E-state index in [0.29, 0.717) is 6.54 Å². The maximum absolute atomic E-state index is 10.5. The molecule has 0 saturated carbocycles. The van der Waals surface area contributed by atoms with Crippen LogP contribution in [0.2, 0.25) is 0 Å². The number of aryl methyl sites for hydroxylation is 3. The number of aliphatic hydroxyl groups is 1. The number of hydrogen-bond donors (Lipinski definition) is 2. The third-order valence-electron chi connectivity index (χ3n) is 4.07. The first-order valence-corrected chi connectivity index (χ1v) is 7.60. The van der Waals surface area contributed by atoms with Gasteiger partial charge in [-0.2, -0.15) is 0 Å². The van der Waals surface area contributed by atoms with Crippen molar-refractivity contribution in [3.8, 4) is 0 Å². The first-order valence-electron chi connectivity index (χ1n) is 7.60. The second kappa shape index (κ2) is 7.39. The minimum Gasteiger partial charge on any atom is -0.392 e. The third-order valence-corrected chi connectivity index (χ3v) is 4.07. The Morgan fingerprint density at radius 3 is 1.95 bits per heavy atom. The van der Waals surface area contributed by atoms with E-state index in [1.807, 2.05) is 0 Å². The fourth-order valence-electron chi connectivity index (χ4n) is 2.60. The number of benzene rings is 2. The van der Waals surface area contributed by atoms with E-state index in [2.05, 4.69) is 62.4 Å². The minimum atomic E-state index is -0.404. The Bertz CT molecular complexity index is 545. The molecule has 2 aromatic carbocycles. The summed E-state index contributed by atoms with van der Waals surface area (Å²) in [6.45, 7) is 4.62. The smallest absolute Gasteiger partial charge is 0.0624 e. The summed E-state index contributed by atoms with van der Waals surface area (Å²) >= 11 is 0. The summed E-state index contributed by atoms with van der Waals surface area (Å²) in [6.07, 6.45) is 1.21. The third kappa shape index (κ3) is 4.42. The van der Waals surface area contributed by atoms with Crippen LogP contribution in [0.15, 0.2) is 48.5 Å². The van der Waals surface area contributed by atoms with E-state index >= 15 is 0 Å². The summed E-state index contributed by atoms with van der Waals surface area (Å²) < 4.78 is 0. The molecule has 21 heavy (non-hydrogen) atoms. The molecule has 2 heteroatoms. The molecule has 2 atom stereocenters. The van der Waals surface area contributed by atoms with Crippen LogP contribution >= 0.6 is 0 Å². The zero-order valence-corrected chi connectivity index (χ0v) is 12.9. The van der Waals surface area contributed by atoms with Crippen LogP contribution in [0.25, 0.3) is 0 Å². The number of nitrogens with two attached hydrogens (primary N) is 1. The molecule has 2 aromatic rings. The molecular formula is C19H25NO. The predicted molar refractivity (Wildman–Crippen MR) is 88.5 cm³/mol. The molecule has 0 saturated heterocycles. The normalized spacial score (nSPS) is 13.9. The topological polar surface area (TPSA) is 46.2 Å². The highest BCUT2D eigenvalue weighted by Crippen LogP contribution is 2.22. The molecule has 0 amide bonds. The molecule has 2 nitrogen and oxygen atoms in total. The predicted octanol–water partition coefficient (Wildman–Crippen LogP) is 3.34. The van der Waals surface area contributed by atoms with Gasteiger partial charge < -0.3 is 10.8 Å². The second-order valence-corrected chi connectivity index (χ2v) is 5.84. The summed E-state index contributed by atoms with van der Waals surface area (Å²) in [5, 5.41) is 10.5. The van der Waals surface area contributed by atoms with Crippen LogP contribution in [0, 0.1) is 13.8 Å². The molecule has 0 fully saturated rings. The van der Waals surface area contributed by atoms with E-state index in [1.54, 1.807) is 0 Å². The van der Waals surface area contributed by atoms with Crippen molar-refractivity contribution >= 4 is 0 Å². The van der Waals surface area contributed by atoms with Crippen molar-refractivity contribution < 1.29 is 5.11 Å². The maximum Gasteiger partial charge on any atom is 0.0624 e. The van der Waals surface area contributed by atoms with Gasteiger partial charge in [-0.3, -0.25) is 0 Å². The lowest BCUT2D eigenvalue weighted by atomic mass is 9.89. The van der Waals surface area contributed by atoms with E-state index < -0.39 is 6.10 Å². The van der Waals surface area contributed by atoms with Gasteiger partial charge in [-0.05, 0) is 37.8 Å². The SMILES string of the molecule is Cc1ccc(CCC(O)C(CN)c2ccc(C)cc2)cc1. The van der Waals surface area contributed by atoms with E-state index in [1.165, 1.54) is 16.7 Å². The average Bonchev–Trinajstić information content (AvgIpc) is 2.49. The number of rotatable bonds is 6. The van der Waals surface area contributed by atoms with Crippen molar-refractivity contribution in [2.45, 2.75) is 38.7 Å². The van der Waals surface area contributed by atoms with Gasteiger partial charge in [-0.1, -0.05) is 59.7 Å². The fraction of sp³-hybridized carbons (Fsp3) is 0.368. The van der Waals surface area contributed by atoms with Crippen molar-refractivity contribution in [2.75, 3.05) is 6.54 Å². The van der Waals surface area contributed by atoms with Crippen LogP contribution in [0.4, 0.5) is 0 Å². The van der Waals surface area contributed by atoms with Crippen LogP contribution in [-0.4, -0.2) is 17.8 Å². The highest BCUT2D eigenvalue weighted by Gasteiger charge is 2.19. The first-order chi connectivity index (χ1) is 10.1. The fourth-order valence-corrected chi connectivity index (χ4v) is 2.60. The Kier molecular flexibility index (Phi) is 5.54. The summed E-state index contributed by atoms with van der Waals surface area (Å²) in [7, 11) is 0. The monoisotopic (exact) mass is 283 g/mol. The van der Waals surface area contributed by atoms with E-state index in [-0.39, 0.29) is 5.92 Å². The summed E-state index contributed by atoms with van der Waals surface area (Å²) in [4.78, 5) is 0. The molecule has 0 aliphatic carbocycles. The Morgan fingerprint density at radius 2 is 1.43 bits per heavy atom. The minimum absolute atomic E-state index is 0.0102. The van der Waals surface area contributed by atoms with Gasteiger partial charge in [0.1, 0.15) is 0 Å². The summed E-state index contributed by atoms with van der Waals surface area (Å²) in [5.41, 5.74) is 10.7. The van der Waals surface area contributed by atoms with Crippen molar-refractivity contribution in [1.29, 1.82) is 0 Å². The van der Waals surface area contributed by atoms with E-state index in [0.717, 1.165) is 18.4 Å². The molecule has 3 N–H and O–H groups in total. The van der Waals surface area contributed by atoms with Crippen LogP contribution < -0.4 is 5.73 Å². The summed E-state index contributed by atoms with van der Waals surface area (Å²) in [6, 6.07) is 16.8. The van der Waals surface area contributed by atoms with Gasteiger partial charge in [0, 0.05) is 12.5 Å². The van der Waals surface area contributed by atoms with Gasteiger partial charge in [-0.25, -0.2) is 0 Å². The molecule has 0 radical (unpaired) electrons. The van der Waals surface area contributed by atoms with E-state index in [9.17, 15) is 5.11 Å². The van der Waals surface area contributed by atoms with E-state index in [4.69, 9.17) is 5.73 Å². The van der Waals surface area contributed by atoms with Crippen LogP contribution in [0.3, 0.4) is 0 Å². The molecule has 0 spiro atoms. The van der Waals surface area contributed by atoms with Gasteiger partial charge in [-0.15, -0.1) is 0 Å². The number of hydrogen-bond acceptors (Lipinski definition) is 2. The van der Waals surface area contributed by atoms with Crippen LogP contribution in [0.5, 0.6) is 0 Å². The molecule has 0 aromatic heterocycles. The Hall–Kier alpha value is -1.64. The Morgan fingerprint density at radius 1 is 0.905 bits per heavy atom.